The fraction of sp³-hybridized carbons (Fsp3) is 0.450. The van der Waals surface area contributed by atoms with Crippen molar-refractivity contribution in [3.8, 4) is 0 Å². The van der Waals surface area contributed by atoms with E-state index in [2.05, 4.69) is 10.3 Å². The zero-order chi connectivity index (χ0) is 19.2. The molecule has 27 heavy (non-hydrogen) atoms. The summed E-state index contributed by atoms with van der Waals surface area (Å²) in [5.41, 5.74) is 1.40. The van der Waals surface area contributed by atoms with E-state index in [4.69, 9.17) is 0 Å². The number of hydrogen-bond donors (Lipinski definition) is 1. The zero-order valence-electron chi connectivity index (χ0n) is 16.0. The number of piperidine rings is 1. The van der Waals surface area contributed by atoms with Crippen LogP contribution in [0.1, 0.15) is 48.8 Å². The number of benzene rings is 1. The summed E-state index contributed by atoms with van der Waals surface area (Å²) in [4.78, 5) is 15.0. The van der Waals surface area contributed by atoms with Crippen LogP contribution in [0.25, 0.3) is 10.9 Å². The number of rotatable bonds is 3. The van der Waals surface area contributed by atoms with Gasteiger partial charge in [-0.3, -0.25) is 4.79 Å². The Labute approximate surface area is 158 Å². The van der Waals surface area contributed by atoms with Crippen molar-refractivity contribution in [2.24, 2.45) is 7.05 Å². The quantitative estimate of drug-likeness (QED) is 0.772. The second-order valence-corrected chi connectivity index (χ2v) is 7.84. The smallest absolute Gasteiger partial charge is 0.256 e. The molecule has 0 saturated carbocycles. The van der Waals surface area contributed by atoms with Gasteiger partial charge in [-0.05, 0) is 32.8 Å². The van der Waals surface area contributed by atoms with Crippen LogP contribution in [0.3, 0.4) is 0 Å². The molecule has 1 amide bonds. The topological polar surface area (TPSA) is 76.2 Å². The Morgan fingerprint density at radius 1 is 1.19 bits per heavy atom. The summed E-state index contributed by atoms with van der Waals surface area (Å²) in [6, 6.07) is 8.19. The summed E-state index contributed by atoms with van der Waals surface area (Å²) in [7, 11) is 1.97. The lowest BCUT2D eigenvalue weighted by Crippen LogP contribution is -2.39. The van der Waals surface area contributed by atoms with Crippen molar-refractivity contribution in [1.29, 1.82) is 0 Å². The maximum atomic E-state index is 13.1. The maximum Gasteiger partial charge on any atom is 0.256 e. The minimum Gasteiger partial charge on any atom is -0.384 e. The molecule has 7 heteroatoms. The second-order valence-electron chi connectivity index (χ2n) is 7.84. The number of aromatic nitrogens is 4. The molecule has 0 atom stereocenters. The predicted molar refractivity (Wildman–Crippen MR) is 102 cm³/mol. The number of fused-ring (bicyclic) bond motifs is 1. The van der Waals surface area contributed by atoms with E-state index in [1.807, 2.05) is 57.9 Å². The van der Waals surface area contributed by atoms with Gasteiger partial charge >= 0.3 is 0 Å². The third kappa shape index (κ3) is 3.23. The minimum absolute atomic E-state index is 0.0843. The largest absolute Gasteiger partial charge is 0.384 e. The SMILES string of the molecule is Cn1cc(C(=O)N2CCC(n3cc(C(C)(C)O)nn3)CC2)c2ccccc21. The highest BCUT2D eigenvalue weighted by Crippen LogP contribution is 2.27. The predicted octanol–water partition coefficient (Wildman–Crippen LogP) is 2.47. The summed E-state index contributed by atoms with van der Waals surface area (Å²) in [6.45, 7) is 4.77. The minimum atomic E-state index is -0.997. The number of amides is 1. The van der Waals surface area contributed by atoms with E-state index in [0.717, 1.165) is 29.3 Å². The number of nitrogens with zero attached hydrogens (tertiary/aromatic N) is 5. The molecule has 1 aliphatic heterocycles. The van der Waals surface area contributed by atoms with Crippen molar-refractivity contribution >= 4 is 16.8 Å². The van der Waals surface area contributed by atoms with Crippen molar-refractivity contribution in [2.75, 3.05) is 13.1 Å². The highest BCUT2D eigenvalue weighted by Gasteiger charge is 2.28. The second kappa shape index (κ2) is 6.49. The van der Waals surface area contributed by atoms with Crippen molar-refractivity contribution in [3.05, 3.63) is 47.9 Å². The van der Waals surface area contributed by atoms with Gasteiger partial charge in [-0.25, -0.2) is 4.68 Å². The molecule has 3 aromatic rings. The summed E-state index contributed by atoms with van der Waals surface area (Å²) in [5.74, 6) is 0.0843. The summed E-state index contributed by atoms with van der Waals surface area (Å²) in [5, 5.41) is 19.3. The van der Waals surface area contributed by atoms with Gasteiger partial charge in [0.15, 0.2) is 0 Å². The lowest BCUT2D eigenvalue weighted by Gasteiger charge is -2.31. The molecule has 4 rings (SSSR count). The molecule has 2 aromatic heterocycles. The normalized spacial score (nSPS) is 16.2. The van der Waals surface area contributed by atoms with Gasteiger partial charge < -0.3 is 14.6 Å². The Morgan fingerprint density at radius 2 is 1.89 bits per heavy atom. The van der Waals surface area contributed by atoms with E-state index in [-0.39, 0.29) is 11.9 Å². The number of para-hydroxylation sites is 1. The number of carbonyl (C=O) groups is 1. The Kier molecular flexibility index (Phi) is 4.26. The van der Waals surface area contributed by atoms with Gasteiger partial charge in [0.25, 0.3) is 5.91 Å². The average Bonchev–Trinajstić information content (AvgIpc) is 3.27. The monoisotopic (exact) mass is 367 g/mol. The van der Waals surface area contributed by atoms with Gasteiger partial charge in [-0.15, -0.1) is 5.10 Å². The van der Waals surface area contributed by atoms with Crippen LogP contribution in [0.5, 0.6) is 0 Å². The third-order valence-corrected chi connectivity index (χ3v) is 5.39. The molecule has 142 valence electrons. The van der Waals surface area contributed by atoms with Crippen LogP contribution in [0.4, 0.5) is 0 Å². The van der Waals surface area contributed by atoms with E-state index in [1.54, 1.807) is 13.8 Å². The number of aryl methyl sites for hydroxylation is 1. The molecule has 1 N–H and O–H groups in total. The lowest BCUT2D eigenvalue weighted by atomic mass is 10.0. The van der Waals surface area contributed by atoms with E-state index in [0.29, 0.717) is 18.8 Å². The Hall–Kier alpha value is -2.67. The molecule has 0 bridgehead atoms. The fourth-order valence-electron chi connectivity index (χ4n) is 3.75. The zero-order valence-corrected chi connectivity index (χ0v) is 16.0. The van der Waals surface area contributed by atoms with Crippen LogP contribution in [0.15, 0.2) is 36.7 Å². The molecule has 3 heterocycles. The standard InChI is InChI=1S/C20H25N5O2/c1-20(2,27)18-13-25(22-21-18)14-8-10-24(11-9-14)19(26)16-12-23(3)17-7-5-4-6-15(16)17/h4-7,12-14,27H,8-11H2,1-3H3. The molecule has 0 unspecified atom stereocenters. The highest BCUT2D eigenvalue weighted by atomic mass is 16.3. The van der Waals surface area contributed by atoms with Crippen LogP contribution >= 0.6 is 0 Å². The van der Waals surface area contributed by atoms with Crippen LogP contribution in [-0.4, -0.2) is 48.6 Å². The maximum absolute atomic E-state index is 13.1. The summed E-state index contributed by atoms with van der Waals surface area (Å²) >= 11 is 0. The molecule has 0 aliphatic carbocycles. The van der Waals surface area contributed by atoms with E-state index < -0.39 is 5.60 Å². The Bertz CT molecular complexity index is 974. The summed E-state index contributed by atoms with van der Waals surface area (Å²) < 4.78 is 3.83. The van der Waals surface area contributed by atoms with Crippen molar-refractivity contribution < 1.29 is 9.90 Å². The average molecular weight is 367 g/mol. The van der Waals surface area contributed by atoms with Crippen LogP contribution in [-0.2, 0) is 12.6 Å². The van der Waals surface area contributed by atoms with Crippen LogP contribution in [0, 0.1) is 0 Å². The van der Waals surface area contributed by atoms with Gasteiger partial charge in [0.1, 0.15) is 11.3 Å². The third-order valence-electron chi connectivity index (χ3n) is 5.39. The molecule has 1 aromatic carbocycles. The number of likely N-dealkylation sites (tertiary alicyclic amines) is 1. The van der Waals surface area contributed by atoms with Crippen molar-refractivity contribution in [1.82, 2.24) is 24.5 Å². The van der Waals surface area contributed by atoms with Crippen LogP contribution < -0.4 is 0 Å². The highest BCUT2D eigenvalue weighted by molar-refractivity contribution is 6.07. The van der Waals surface area contributed by atoms with Gasteiger partial charge in [0.05, 0.1) is 17.8 Å². The van der Waals surface area contributed by atoms with Gasteiger partial charge in [0.2, 0.25) is 0 Å². The molecule has 1 aliphatic rings. The molecule has 0 spiro atoms. The molecular weight excluding hydrogens is 342 g/mol. The van der Waals surface area contributed by atoms with Crippen molar-refractivity contribution in [2.45, 2.75) is 38.3 Å². The van der Waals surface area contributed by atoms with Gasteiger partial charge in [-0.2, -0.15) is 0 Å². The number of carbonyl (C=O) groups excluding carboxylic acids is 1. The Balaban J connectivity index is 1.47. The van der Waals surface area contributed by atoms with E-state index >= 15 is 0 Å². The lowest BCUT2D eigenvalue weighted by molar-refractivity contribution is 0.0691. The van der Waals surface area contributed by atoms with E-state index in [1.165, 1.54) is 0 Å². The first-order valence-electron chi connectivity index (χ1n) is 9.32. The van der Waals surface area contributed by atoms with Crippen molar-refractivity contribution in [3.63, 3.8) is 0 Å². The first kappa shape index (κ1) is 17.7. The number of aliphatic hydroxyl groups is 1. The molecular formula is C20H25N5O2. The first-order valence-corrected chi connectivity index (χ1v) is 9.32. The molecule has 0 radical (unpaired) electrons. The molecule has 1 saturated heterocycles. The first-order chi connectivity index (χ1) is 12.8. The van der Waals surface area contributed by atoms with Crippen LogP contribution in [0.2, 0.25) is 0 Å². The molecule has 1 fully saturated rings. The van der Waals surface area contributed by atoms with Gasteiger partial charge in [0, 0.05) is 37.2 Å². The van der Waals surface area contributed by atoms with E-state index in [9.17, 15) is 9.90 Å². The summed E-state index contributed by atoms with van der Waals surface area (Å²) in [6.07, 6.45) is 5.38. The molecule has 7 nitrogen and oxygen atoms in total. The fourth-order valence-corrected chi connectivity index (χ4v) is 3.75. The Morgan fingerprint density at radius 3 is 2.56 bits per heavy atom. The van der Waals surface area contributed by atoms with Gasteiger partial charge in [-0.1, -0.05) is 23.4 Å². The number of hydrogen-bond acceptors (Lipinski definition) is 4.